The fraction of sp³-hybridized carbons (Fsp3) is 0.150. The summed E-state index contributed by atoms with van der Waals surface area (Å²) in [5, 5.41) is -0.585. The molecular weight excluding hydrogens is 350 g/mol. The van der Waals surface area contributed by atoms with E-state index < -0.39 is 17.1 Å². The number of hydrogen-bond acceptors (Lipinski definition) is 5. The van der Waals surface area contributed by atoms with Crippen molar-refractivity contribution in [2.75, 3.05) is 6.61 Å². The second kappa shape index (κ2) is 7.58. The van der Waals surface area contributed by atoms with Gasteiger partial charge in [0, 0.05) is 5.56 Å². The molecule has 1 aliphatic heterocycles. The van der Waals surface area contributed by atoms with Gasteiger partial charge in [-0.05, 0) is 61.5 Å². The number of rotatable bonds is 4. The Labute approximate surface area is 155 Å². The highest BCUT2D eigenvalue weighted by molar-refractivity contribution is 8.18. The first-order valence-electron chi connectivity index (χ1n) is 8.11. The van der Waals surface area contributed by atoms with Crippen LogP contribution < -0.4 is 4.74 Å². The molecule has 5 nitrogen and oxygen atoms in total. The van der Waals surface area contributed by atoms with Crippen molar-refractivity contribution >= 4 is 34.9 Å². The third-order valence-corrected chi connectivity index (χ3v) is 4.65. The first kappa shape index (κ1) is 17.9. The van der Waals surface area contributed by atoms with E-state index in [-0.39, 0.29) is 4.91 Å². The Bertz CT molecular complexity index is 885. The zero-order valence-electron chi connectivity index (χ0n) is 14.4. The molecule has 2 aromatic carbocycles. The number of amides is 3. The van der Waals surface area contributed by atoms with Crippen molar-refractivity contribution in [3.8, 4) is 5.75 Å². The molecule has 3 rings (SSSR count). The second-order valence-corrected chi connectivity index (χ2v) is 6.68. The fourth-order valence-electron chi connectivity index (χ4n) is 2.45. The maximum atomic E-state index is 12.5. The lowest BCUT2D eigenvalue weighted by molar-refractivity contribution is -0.120. The summed E-state index contributed by atoms with van der Waals surface area (Å²) in [6, 6.07) is 13.9. The molecule has 0 aromatic heterocycles. The Balaban J connectivity index is 1.81. The number of nitrogens with zero attached hydrogens (tertiary/aromatic N) is 1. The molecule has 0 N–H and O–H groups in total. The fourth-order valence-corrected chi connectivity index (χ4v) is 3.27. The van der Waals surface area contributed by atoms with Crippen molar-refractivity contribution in [2.24, 2.45) is 0 Å². The van der Waals surface area contributed by atoms with Crippen LogP contribution in [-0.4, -0.2) is 28.6 Å². The Morgan fingerprint density at radius 1 is 1.08 bits per heavy atom. The summed E-state index contributed by atoms with van der Waals surface area (Å²) in [4.78, 5) is 38.2. The summed E-state index contributed by atoms with van der Waals surface area (Å²) in [6.07, 6.45) is 1.60. The van der Waals surface area contributed by atoms with Crippen LogP contribution in [0, 0.1) is 6.92 Å². The summed E-state index contributed by atoms with van der Waals surface area (Å²) >= 11 is 0.764. The lowest BCUT2D eigenvalue weighted by Crippen LogP contribution is -2.34. The first-order valence-corrected chi connectivity index (χ1v) is 8.93. The number of carbonyl (C=O) groups excluding carboxylic acids is 3. The molecule has 3 amide bonds. The highest BCUT2D eigenvalue weighted by atomic mass is 32.2. The van der Waals surface area contributed by atoms with Crippen molar-refractivity contribution in [3.05, 3.63) is 70.1 Å². The molecule has 1 heterocycles. The smallest absolute Gasteiger partial charge is 0.300 e. The first-order chi connectivity index (χ1) is 12.5. The number of ether oxygens (including phenoxy) is 1. The molecule has 1 fully saturated rings. The van der Waals surface area contributed by atoms with Gasteiger partial charge in [-0.25, -0.2) is 4.90 Å². The number of benzene rings is 2. The van der Waals surface area contributed by atoms with E-state index in [0.29, 0.717) is 17.1 Å². The minimum Gasteiger partial charge on any atom is -0.494 e. The van der Waals surface area contributed by atoms with Crippen molar-refractivity contribution in [1.82, 2.24) is 4.90 Å². The van der Waals surface area contributed by atoms with E-state index in [2.05, 4.69) is 0 Å². The van der Waals surface area contributed by atoms with Gasteiger partial charge in [-0.15, -0.1) is 0 Å². The van der Waals surface area contributed by atoms with Gasteiger partial charge in [0.2, 0.25) is 0 Å². The summed E-state index contributed by atoms with van der Waals surface area (Å²) in [7, 11) is 0. The average molecular weight is 367 g/mol. The van der Waals surface area contributed by atoms with Gasteiger partial charge in [0.25, 0.3) is 11.8 Å². The number of carbonyl (C=O) groups is 3. The average Bonchev–Trinajstić information content (AvgIpc) is 2.90. The summed E-state index contributed by atoms with van der Waals surface area (Å²) in [5.74, 6) is -0.477. The number of hydrogen-bond donors (Lipinski definition) is 0. The maximum Gasteiger partial charge on any atom is 0.300 e. The third-order valence-electron chi connectivity index (χ3n) is 3.78. The molecule has 0 saturated carbocycles. The zero-order valence-corrected chi connectivity index (χ0v) is 15.2. The summed E-state index contributed by atoms with van der Waals surface area (Å²) in [5.41, 5.74) is 2.05. The van der Waals surface area contributed by atoms with Gasteiger partial charge in [0.15, 0.2) is 0 Å². The largest absolute Gasteiger partial charge is 0.494 e. The van der Waals surface area contributed by atoms with Crippen LogP contribution >= 0.6 is 11.8 Å². The van der Waals surface area contributed by atoms with Gasteiger partial charge in [-0.2, -0.15) is 0 Å². The molecule has 1 aliphatic rings. The Kier molecular flexibility index (Phi) is 5.23. The molecule has 0 aliphatic carbocycles. The minimum absolute atomic E-state index is 0.222. The quantitative estimate of drug-likeness (QED) is 0.596. The summed E-state index contributed by atoms with van der Waals surface area (Å²) < 4.78 is 5.38. The Morgan fingerprint density at radius 3 is 2.35 bits per heavy atom. The van der Waals surface area contributed by atoms with E-state index in [1.54, 1.807) is 54.6 Å². The van der Waals surface area contributed by atoms with Crippen molar-refractivity contribution in [1.29, 1.82) is 0 Å². The second-order valence-electron chi connectivity index (χ2n) is 5.69. The van der Waals surface area contributed by atoms with Crippen LogP contribution in [0.1, 0.15) is 28.4 Å². The molecule has 0 atom stereocenters. The van der Waals surface area contributed by atoms with Crippen molar-refractivity contribution < 1.29 is 19.1 Å². The van der Waals surface area contributed by atoms with Gasteiger partial charge in [0.1, 0.15) is 5.75 Å². The van der Waals surface area contributed by atoms with E-state index in [1.165, 1.54) is 0 Å². The lowest BCUT2D eigenvalue weighted by Gasteiger charge is -2.10. The number of aryl methyl sites for hydroxylation is 1. The van der Waals surface area contributed by atoms with E-state index in [1.807, 2.05) is 13.8 Å². The van der Waals surface area contributed by atoms with Crippen molar-refractivity contribution in [3.63, 3.8) is 0 Å². The number of imide groups is 3. The van der Waals surface area contributed by atoms with E-state index in [0.717, 1.165) is 28.6 Å². The van der Waals surface area contributed by atoms with Crippen LogP contribution in [-0.2, 0) is 4.79 Å². The third kappa shape index (κ3) is 3.70. The monoisotopic (exact) mass is 367 g/mol. The van der Waals surface area contributed by atoms with Crippen LogP contribution in [0.25, 0.3) is 6.08 Å². The van der Waals surface area contributed by atoms with Crippen LogP contribution in [0.5, 0.6) is 5.75 Å². The molecule has 26 heavy (non-hydrogen) atoms. The van der Waals surface area contributed by atoms with Gasteiger partial charge in [-0.1, -0.05) is 29.8 Å². The molecule has 0 spiro atoms. The van der Waals surface area contributed by atoms with Gasteiger partial charge >= 0.3 is 5.24 Å². The molecule has 0 unspecified atom stereocenters. The predicted molar refractivity (Wildman–Crippen MR) is 101 cm³/mol. The topological polar surface area (TPSA) is 63.7 Å². The Morgan fingerprint density at radius 2 is 1.73 bits per heavy atom. The summed E-state index contributed by atoms with van der Waals surface area (Å²) in [6.45, 7) is 4.36. The standard InChI is InChI=1S/C20H17NO4S/c1-3-25-16-10-6-14(7-11-16)12-17-19(23)21(20(24)26-17)18(22)15-8-4-13(2)5-9-15/h4-12H,3H2,1-2H3/b17-12+. The highest BCUT2D eigenvalue weighted by Crippen LogP contribution is 2.33. The molecule has 1 saturated heterocycles. The molecule has 132 valence electrons. The SMILES string of the molecule is CCOc1ccc(/C=C2/SC(=O)N(C(=O)c3ccc(C)cc3)C2=O)cc1. The minimum atomic E-state index is -0.609. The Hall–Kier alpha value is -2.86. The van der Waals surface area contributed by atoms with E-state index in [9.17, 15) is 14.4 Å². The maximum absolute atomic E-state index is 12.5. The normalized spacial score (nSPS) is 15.6. The molecule has 6 heteroatoms. The molecule has 0 radical (unpaired) electrons. The van der Waals surface area contributed by atoms with Gasteiger partial charge < -0.3 is 4.74 Å². The van der Waals surface area contributed by atoms with E-state index >= 15 is 0 Å². The van der Waals surface area contributed by atoms with Gasteiger partial charge in [-0.3, -0.25) is 14.4 Å². The molecule has 0 bridgehead atoms. The highest BCUT2D eigenvalue weighted by Gasteiger charge is 2.40. The van der Waals surface area contributed by atoms with Crippen LogP contribution in [0.3, 0.4) is 0 Å². The van der Waals surface area contributed by atoms with Crippen molar-refractivity contribution in [2.45, 2.75) is 13.8 Å². The van der Waals surface area contributed by atoms with Gasteiger partial charge in [0.05, 0.1) is 11.5 Å². The van der Waals surface area contributed by atoms with Crippen LogP contribution in [0.15, 0.2) is 53.4 Å². The van der Waals surface area contributed by atoms with Crippen LogP contribution in [0.4, 0.5) is 4.79 Å². The predicted octanol–water partition coefficient (Wildman–Crippen LogP) is 4.27. The molecular formula is C20H17NO4S. The molecule has 2 aromatic rings. The van der Waals surface area contributed by atoms with Crippen LogP contribution in [0.2, 0.25) is 0 Å². The zero-order chi connectivity index (χ0) is 18.7. The van der Waals surface area contributed by atoms with E-state index in [4.69, 9.17) is 4.74 Å². The lowest BCUT2D eigenvalue weighted by atomic mass is 10.1. The number of thioether (sulfide) groups is 1.